The first-order valence-corrected chi connectivity index (χ1v) is 8.17. The third kappa shape index (κ3) is 1.71. The van der Waals surface area contributed by atoms with Gasteiger partial charge in [-0.2, -0.15) is 0 Å². The van der Waals surface area contributed by atoms with E-state index in [2.05, 4.69) is 25.1 Å². The molecule has 116 valence electrons. The monoisotopic (exact) mass is 306 g/mol. The first kappa shape index (κ1) is 13.3. The van der Waals surface area contributed by atoms with Crippen molar-refractivity contribution in [1.82, 2.24) is 0 Å². The molecule has 0 amide bonds. The number of esters is 1. The Morgan fingerprint density at radius 1 is 1.09 bits per heavy atom. The smallest absolute Gasteiger partial charge is 0.312 e. The summed E-state index contributed by atoms with van der Waals surface area (Å²) in [5.41, 5.74) is 3.38. The lowest BCUT2D eigenvalue weighted by Crippen LogP contribution is -2.30. The van der Waals surface area contributed by atoms with Crippen molar-refractivity contribution in [2.45, 2.75) is 31.2 Å². The maximum absolute atomic E-state index is 12.7. The number of rotatable bonds is 3. The number of fused-ring (bicyclic) bond motifs is 5. The second kappa shape index (κ2) is 4.45. The number of hydrogen-bond acceptors (Lipinski definition) is 3. The number of carbonyl (C=O) groups is 1. The third-order valence-corrected chi connectivity index (χ3v) is 5.76. The van der Waals surface area contributed by atoms with Gasteiger partial charge in [-0.05, 0) is 23.6 Å². The molecule has 2 aromatic carbocycles. The first-order valence-electron chi connectivity index (χ1n) is 8.17. The maximum atomic E-state index is 12.7. The van der Waals surface area contributed by atoms with Crippen molar-refractivity contribution in [1.29, 1.82) is 0 Å². The molecule has 1 aliphatic heterocycles. The summed E-state index contributed by atoms with van der Waals surface area (Å²) in [6.45, 7) is 2.47. The Bertz CT molecular complexity index is 784. The molecule has 5 rings (SSSR count). The van der Waals surface area contributed by atoms with Crippen LogP contribution in [-0.4, -0.2) is 11.6 Å². The Morgan fingerprint density at radius 2 is 1.78 bits per heavy atom. The van der Waals surface area contributed by atoms with Gasteiger partial charge < -0.3 is 9.47 Å². The van der Waals surface area contributed by atoms with Crippen LogP contribution in [0.4, 0.5) is 0 Å². The van der Waals surface area contributed by atoms with Crippen LogP contribution in [0.15, 0.2) is 54.6 Å². The molecule has 2 aromatic rings. The minimum absolute atomic E-state index is 0.121. The molecule has 0 spiro atoms. The SMILES string of the molecule is C[C@]12O[C@@H]3c4ccccc4[C@H]1[C@H]2C3C(=O)OCc1ccccc1. The molecule has 1 heterocycles. The van der Waals surface area contributed by atoms with E-state index < -0.39 is 0 Å². The van der Waals surface area contributed by atoms with Crippen molar-refractivity contribution in [2.24, 2.45) is 11.8 Å². The van der Waals surface area contributed by atoms with Crippen LogP contribution in [0.3, 0.4) is 0 Å². The van der Waals surface area contributed by atoms with Gasteiger partial charge in [0.25, 0.3) is 0 Å². The number of benzene rings is 2. The van der Waals surface area contributed by atoms with E-state index >= 15 is 0 Å². The predicted molar refractivity (Wildman–Crippen MR) is 84.6 cm³/mol. The lowest BCUT2D eigenvalue weighted by molar-refractivity contribution is -0.155. The molecule has 1 unspecified atom stereocenters. The average Bonchev–Trinajstić information content (AvgIpc) is 3.10. The van der Waals surface area contributed by atoms with E-state index in [4.69, 9.17) is 9.47 Å². The summed E-state index contributed by atoms with van der Waals surface area (Å²) in [6.07, 6.45) is -0.144. The zero-order valence-corrected chi connectivity index (χ0v) is 12.9. The molecule has 0 N–H and O–H groups in total. The van der Waals surface area contributed by atoms with Crippen LogP contribution in [0, 0.1) is 11.8 Å². The van der Waals surface area contributed by atoms with Gasteiger partial charge in [0.05, 0.1) is 17.6 Å². The number of ether oxygens (including phenoxy) is 2. The predicted octanol–water partition coefficient (Wildman–Crippen LogP) is 3.60. The Hall–Kier alpha value is -2.13. The highest BCUT2D eigenvalue weighted by atomic mass is 16.6. The van der Waals surface area contributed by atoms with E-state index in [1.807, 2.05) is 36.4 Å². The topological polar surface area (TPSA) is 35.5 Å². The van der Waals surface area contributed by atoms with Crippen LogP contribution in [0.2, 0.25) is 0 Å². The fourth-order valence-corrected chi connectivity index (χ4v) is 4.68. The Kier molecular flexibility index (Phi) is 2.58. The molecule has 0 radical (unpaired) electrons. The molecule has 1 saturated carbocycles. The first-order chi connectivity index (χ1) is 11.2. The van der Waals surface area contributed by atoms with Gasteiger partial charge in [-0.3, -0.25) is 4.79 Å². The van der Waals surface area contributed by atoms with Crippen LogP contribution < -0.4 is 0 Å². The molecule has 23 heavy (non-hydrogen) atoms. The van der Waals surface area contributed by atoms with Crippen molar-refractivity contribution >= 4 is 5.97 Å². The largest absolute Gasteiger partial charge is 0.461 e. The summed E-state index contributed by atoms with van der Waals surface area (Å²) in [7, 11) is 0. The van der Waals surface area contributed by atoms with Crippen molar-refractivity contribution in [3.05, 3.63) is 71.3 Å². The van der Waals surface area contributed by atoms with E-state index in [-0.39, 0.29) is 29.5 Å². The average molecular weight is 306 g/mol. The molecule has 2 bridgehead atoms. The Labute approximate surface area is 135 Å². The maximum Gasteiger partial charge on any atom is 0.312 e. The highest BCUT2D eigenvalue weighted by Gasteiger charge is 2.78. The highest BCUT2D eigenvalue weighted by molar-refractivity contribution is 5.78. The molecule has 1 saturated heterocycles. The normalized spacial score (nSPS) is 35.5. The molecule has 3 heteroatoms. The van der Waals surface area contributed by atoms with Crippen LogP contribution in [-0.2, 0) is 20.9 Å². The molecule has 0 aromatic heterocycles. The number of carbonyl (C=O) groups excluding carboxylic acids is 1. The van der Waals surface area contributed by atoms with Crippen molar-refractivity contribution in [2.75, 3.05) is 0 Å². The fourth-order valence-electron chi connectivity index (χ4n) is 4.68. The molecule has 2 fully saturated rings. The minimum Gasteiger partial charge on any atom is -0.461 e. The van der Waals surface area contributed by atoms with E-state index in [1.54, 1.807) is 0 Å². The minimum atomic E-state index is -0.171. The van der Waals surface area contributed by atoms with Gasteiger partial charge >= 0.3 is 5.97 Å². The Balaban J connectivity index is 1.40. The second-order valence-corrected chi connectivity index (χ2v) is 6.97. The van der Waals surface area contributed by atoms with E-state index in [0.29, 0.717) is 12.5 Å². The summed E-state index contributed by atoms with van der Waals surface area (Å²) in [4.78, 5) is 12.7. The van der Waals surface area contributed by atoms with Crippen LogP contribution in [0.5, 0.6) is 0 Å². The van der Waals surface area contributed by atoms with Crippen molar-refractivity contribution in [3.63, 3.8) is 0 Å². The van der Waals surface area contributed by atoms with Crippen LogP contribution >= 0.6 is 0 Å². The molecule has 5 atom stereocenters. The molecular weight excluding hydrogens is 288 g/mol. The molecule has 3 nitrogen and oxygen atoms in total. The van der Waals surface area contributed by atoms with Gasteiger partial charge in [0, 0.05) is 11.8 Å². The zero-order chi connectivity index (χ0) is 15.6. The summed E-state index contributed by atoms with van der Waals surface area (Å²) in [6, 6.07) is 18.2. The van der Waals surface area contributed by atoms with Gasteiger partial charge in [-0.15, -0.1) is 0 Å². The number of hydrogen-bond donors (Lipinski definition) is 0. The lowest BCUT2D eigenvalue weighted by atomic mass is 9.81. The van der Waals surface area contributed by atoms with Crippen LogP contribution in [0.25, 0.3) is 0 Å². The van der Waals surface area contributed by atoms with Crippen molar-refractivity contribution < 1.29 is 14.3 Å². The van der Waals surface area contributed by atoms with Gasteiger partial charge in [-0.25, -0.2) is 0 Å². The zero-order valence-electron chi connectivity index (χ0n) is 12.9. The lowest BCUT2D eigenvalue weighted by Gasteiger charge is -2.32. The summed E-state index contributed by atoms with van der Waals surface area (Å²) in [5, 5.41) is 0. The summed E-state index contributed by atoms with van der Waals surface area (Å²) < 4.78 is 11.8. The third-order valence-electron chi connectivity index (χ3n) is 5.76. The van der Waals surface area contributed by atoms with Crippen LogP contribution in [0.1, 0.15) is 35.6 Å². The molecule has 3 aliphatic rings. The quantitative estimate of drug-likeness (QED) is 0.813. The van der Waals surface area contributed by atoms with E-state index in [1.165, 1.54) is 11.1 Å². The van der Waals surface area contributed by atoms with Crippen molar-refractivity contribution in [3.8, 4) is 0 Å². The fraction of sp³-hybridized carbons (Fsp3) is 0.350. The second-order valence-electron chi connectivity index (χ2n) is 6.97. The van der Waals surface area contributed by atoms with E-state index in [0.717, 1.165) is 5.56 Å². The van der Waals surface area contributed by atoms with Gasteiger partial charge in [0.2, 0.25) is 0 Å². The molecule has 2 aliphatic carbocycles. The standard InChI is InChI=1S/C20H18O3/c1-20-16-13-9-5-6-10-14(13)18(23-20)15(17(16)20)19(21)22-11-12-7-3-2-4-8-12/h2-10,15-18H,11H2,1H3/t15?,16-,17+,18+,20-/m0/s1. The Morgan fingerprint density at radius 3 is 2.57 bits per heavy atom. The highest BCUT2D eigenvalue weighted by Crippen LogP contribution is 2.76. The van der Waals surface area contributed by atoms with E-state index in [9.17, 15) is 4.79 Å². The van der Waals surface area contributed by atoms with Gasteiger partial charge in [-0.1, -0.05) is 54.6 Å². The van der Waals surface area contributed by atoms with Gasteiger partial charge in [0.1, 0.15) is 6.61 Å². The summed E-state index contributed by atoms with van der Waals surface area (Å²) in [5.74, 6) is 0.330. The summed E-state index contributed by atoms with van der Waals surface area (Å²) >= 11 is 0. The van der Waals surface area contributed by atoms with Gasteiger partial charge in [0.15, 0.2) is 0 Å². The molecular formula is C20H18O3.